The van der Waals surface area contributed by atoms with E-state index in [0.29, 0.717) is 41.9 Å². The lowest BCUT2D eigenvalue weighted by molar-refractivity contribution is -0.129. The number of aromatic nitrogens is 1. The van der Waals surface area contributed by atoms with Crippen LogP contribution in [0.3, 0.4) is 0 Å². The van der Waals surface area contributed by atoms with Crippen LogP contribution in [0.1, 0.15) is 44.4 Å². The molecular weight excluding hydrogens is 418 g/mol. The summed E-state index contributed by atoms with van der Waals surface area (Å²) in [5.41, 5.74) is 0.665. The van der Waals surface area contributed by atoms with Crippen molar-refractivity contribution in [3.05, 3.63) is 50.6 Å². The second-order valence-corrected chi connectivity index (χ2v) is 9.10. The Morgan fingerprint density at radius 1 is 1.23 bits per heavy atom. The normalized spacial score (nSPS) is 20.2. The number of ether oxygens (including phenoxy) is 1. The third-order valence-corrected chi connectivity index (χ3v) is 6.74. The van der Waals surface area contributed by atoms with Crippen LogP contribution < -0.4 is 0 Å². The molecule has 4 heterocycles. The minimum Gasteiger partial charge on any atom is -0.503 e. The molecule has 0 radical (unpaired) electrons. The highest BCUT2D eigenvalue weighted by Gasteiger charge is 2.45. The fourth-order valence-corrected chi connectivity index (χ4v) is 5.04. The lowest BCUT2D eigenvalue weighted by atomic mass is 9.99. The maximum absolute atomic E-state index is 13.4. The van der Waals surface area contributed by atoms with Crippen LogP contribution in [-0.2, 0) is 9.53 Å². The van der Waals surface area contributed by atoms with Gasteiger partial charge >= 0.3 is 0 Å². The zero-order valence-corrected chi connectivity index (χ0v) is 18.8. The van der Waals surface area contributed by atoms with Crippen LogP contribution in [0.15, 0.2) is 27.9 Å². The fraction of sp³-hybridized carbons (Fsp3) is 0.500. The van der Waals surface area contributed by atoms with Crippen LogP contribution in [0.2, 0.25) is 0 Å². The van der Waals surface area contributed by atoms with Crippen molar-refractivity contribution in [2.24, 2.45) is 0 Å². The van der Waals surface area contributed by atoms with Crippen molar-refractivity contribution in [2.75, 3.05) is 39.4 Å². The molecule has 2 aromatic heterocycles. The largest absolute Gasteiger partial charge is 0.503 e. The van der Waals surface area contributed by atoms with Gasteiger partial charge in [-0.25, -0.2) is 4.98 Å². The summed E-state index contributed by atoms with van der Waals surface area (Å²) in [7, 11) is 0. The molecule has 166 valence electrons. The number of aliphatic hydroxyl groups excluding tert-OH is 1. The first-order valence-electron chi connectivity index (χ1n) is 10.5. The van der Waals surface area contributed by atoms with Crippen molar-refractivity contribution in [3.63, 3.8) is 0 Å². The van der Waals surface area contributed by atoms with E-state index in [4.69, 9.17) is 9.15 Å². The molecule has 1 saturated heterocycles. The first kappa shape index (κ1) is 21.7. The predicted octanol–water partition coefficient (Wildman–Crippen LogP) is 2.96. The second-order valence-electron chi connectivity index (χ2n) is 7.90. The zero-order chi connectivity index (χ0) is 22.1. The number of ketones is 1. The van der Waals surface area contributed by atoms with E-state index < -0.39 is 17.7 Å². The number of hydrogen-bond acceptors (Lipinski definition) is 8. The maximum atomic E-state index is 13.4. The van der Waals surface area contributed by atoms with E-state index in [2.05, 4.69) is 9.88 Å². The summed E-state index contributed by atoms with van der Waals surface area (Å²) in [5.74, 6) is -0.255. The van der Waals surface area contributed by atoms with Gasteiger partial charge in [0.2, 0.25) is 5.78 Å². The molecule has 8 nitrogen and oxygen atoms in total. The van der Waals surface area contributed by atoms with Crippen molar-refractivity contribution in [2.45, 2.75) is 33.2 Å². The zero-order valence-electron chi connectivity index (χ0n) is 18.0. The molecule has 2 aliphatic heterocycles. The van der Waals surface area contributed by atoms with Crippen LogP contribution in [0.4, 0.5) is 0 Å². The van der Waals surface area contributed by atoms with E-state index in [9.17, 15) is 14.7 Å². The molecule has 1 fully saturated rings. The van der Waals surface area contributed by atoms with Gasteiger partial charge in [0.05, 0.1) is 34.4 Å². The first-order valence-corrected chi connectivity index (χ1v) is 11.3. The van der Waals surface area contributed by atoms with Gasteiger partial charge in [-0.05, 0) is 39.3 Å². The van der Waals surface area contributed by atoms with Crippen LogP contribution in [-0.4, -0.2) is 71.0 Å². The average molecular weight is 446 g/mol. The second kappa shape index (κ2) is 8.94. The fourth-order valence-electron chi connectivity index (χ4n) is 4.17. The number of carbonyl (C=O) groups excluding carboxylic acids is 2. The summed E-state index contributed by atoms with van der Waals surface area (Å²) in [4.78, 5) is 35.0. The molecule has 0 bridgehead atoms. The Balaban J connectivity index is 1.61. The number of Topliss-reactive ketones (excluding diaryl/α,β-unsaturated/α-hetero) is 1. The molecule has 4 rings (SSSR count). The van der Waals surface area contributed by atoms with Gasteiger partial charge < -0.3 is 19.2 Å². The molecule has 2 aromatic rings. The molecule has 0 aliphatic carbocycles. The Bertz CT molecular complexity index is 1020. The molecule has 1 amide bonds. The Hall–Kier alpha value is -2.49. The van der Waals surface area contributed by atoms with Crippen LogP contribution in [0, 0.1) is 20.8 Å². The first-order chi connectivity index (χ1) is 14.9. The smallest absolute Gasteiger partial charge is 0.290 e. The van der Waals surface area contributed by atoms with Gasteiger partial charge in [0.25, 0.3) is 5.91 Å². The van der Waals surface area contributed by atoms with Gasteiger partial charge in [-0.3, -0.25) is 14.5 Å². The van der Waals surface area contributed by atoms with Crippen molar-refractivity contribution < 1.29 is 23.8 Å². The number of carbonyl (C=O) groups is 2. The Morgan fingerprint density at radius 3 is 2.58 bits per heavy atom. The number of nitrogens with zero attached hydrogens (tertiary/aromatic N) is 3. The Morgan fingerprint density at radius 2 is 1.97 bits per heavy atom. The van der Waals surface area contributed by atoms with Gasteiger partial charge in [0.1, 0.15) is 17.6 Å². The monoisotopic (exact) mass is 445 g/mol. The highest BCUT2D eigenvalue weighted by Crippen LogP contribution is 2.40. The lowest BCUT2D eigenvalue weighted by Gasteiger charge is -2.29. The number of aryl methyl sites for hydroxylation is 3. The number of rotatable bonds is 7. The molecular formula is C22H27N3O5S. The van der Waals surface area contributed by atoms with Gasteiger partial charge in [-0.1, -0.05) is 0 Å². The van der Waals surface area contributed by atoms with Crippen LogP contribution >= 0.6 is 11.3 Å². The Kier molecular flexibility index (Phi) is 6.27. The highest BCUT2D eigenvalue weighted by atomic mass is 32.1. The highest BCUT2D eigenvalue weighted by molar-refractivity contribution is 7.14. The number of aliphatic hydroxyl groups is 1. The molecule has 0 saturated carbocycles. The van der Waals surface area contributed by atoms with E-state index >= 15 is 0 Å². The van der Waals surface area contributed by atoms with Gasteiger partial charge in [-0.2, -0.15) is 0 Å². The maximum Gasteiger partial charge on any atom is 0.290 e. The molecule has 9 heteroatoms. The summed E-state index contributed by atoms with van der Waals surface area (Å²) < 4.78 is 11.2. The quantitative estimate of drug-likeness (QED) is 0.655. The Labute approximate surface area is 185 Å². The van der Waals surface area contributed by atoms with E-state index in [-0.39, 0.29) is 11.4 Å². The van der Waals surface area contributed by atoms with Crippen molar-refractivity contribution in [3.8, 4) is 0 Å². The summed E-state index contributed by atoms with van der Waals surface area (Å²) >= 11 is 1.27. The number of morpholine rings is 1. The molecule has 1 atom stereocenters. The van der Waals surface area contributed by atoms with Gasteiger partial charge in [0.15, 0.2) is 5.76 Å². The lowest BCUT2D eigenvalue weighted by Crippen LogP contribution is -2.39. The molecule has 0 spiro atoms. The molecule has 1 N–H and O–H groups in total. The van der Waals surface area contributed by atoms with Crippen molar-refractivity contribution >= 4 is 23.0 Å². The third kappa shape index (κ3) is 4.30. The minimum atomic E-state index is -0.750. The molecule has 1 unspecified atom stereocenters. The third-order valence-electron chi connectivity index (χ3n) is 5.67. The number of hydrogen-bond donors (Lipinski definition) is 1. The van der Waals surface area contributed by atoms with E-state index in [1.54, 1.807) is 24.0 Å². The van der Waals surface area contributed by atoms with Crippen molar-refractivity contribution in [1.29, 1.82) is 0 Å². The topological polar surface area (TPSA) is 96.1 Å². The number of furan rings is 1. The van der Waals surface area contributed by atoms with Crippen molar-refractivity contribution in [1.82, 2.24) is 14.8 Å². The van der Waals surface area contributed by atoms with E-state index in [1.165, 1.54) is 11.3 Å². The van der Waals surface area contributed by atoms with Gasteiger partial charge in [-0.15, -0.1) is 11.3 Å². The summed E-state index contributed by atoms with van der Waals surface area (Å²) in [6, 6.07) is 2.81. The van der Waals surface area contributed by atoms with Crippen LogP contribution in [0.5, 0.6) is 0 Å². The summed E-state index contributed by atoms with van der Waals surface area (Å²) in [5, 5.41) is 11.5. The molecule has 31 heavy (non-hydrogen) atoms. The molecule has 2 aliphatic rings. The molecule has 0 aromatic carbocycles. The van der Waals surface area contributed by atoms with E-state index in [0.717, 1.165) is 31.1 Å². The van der Waals surface area contributed by atoms with Gasteiger partial charge in [0, 0.05) is 26.2 Å². The van der Waals surface area contributed by atoms with Crippen LogP contribution in [0.25, 0.3) is 0 Å². The summed E-state index contributed by atoms with van der Waals surface area (Å²) in [6.07, 6.45) is 0.718. The SMILES string of the molecule is Cc1ccc(C2C(C(=O)c3sc(C)nc3C)=C(O)C(=O)N2CCCN2CCOCC2)o1. The minimum absolute atomic E-state index is 0.0671. The predicted molar refractivity (Wildman–Crippen MR) is 115 cm³/mol. The average Bonchev–Trinajstić information content (AvgIpc) is 3.39. The summed E-state index contributed by atoms with van der Waals surface area (Å²) in [6.45, 7) is 9.78. The number of amides is 1. The van der Waals surface area contributed by atoms with E-state index in [1.807, 2.05) is 13.8 Å². The standard InChI is InChI=1S/C22H27N3O5S/c1-13-5-6-16(30-13)18-17(19(26)21-14(2)23-15(3)31-21)20(27)22(28)25(18)8-4-7-24-9-11-29-12-10-24/h5-6,18,27H,4,7-12H2,1-3H3. The number of thiazole rings is 1.